The van der Waals surface area contributed by atoms with Gasteiger partial charge in [0.1, 0.15) is 12.3 Å². The minimum Gasteiger partial charge on any atom is -0.446 e. The highest BCUT2D eigenvalue weighted by Gasteiger charge is 2.21. The van der Waals surface area contributed by atoms with Gasteiger partial charge in [0.2, 0.25) is 5.89 Å². The molecule has 4 N–H and O–H groups in total. The Morgan fingerprint density at radius 3 is 2.64 bits per heavy atom. The summed E-state index contributed by atoms with van der Waals surface area (Å²) in [4.78, 5) is 16.4. The third-order valence-corrected chi connectivity index (χ3v) is 4.18. The average molecular weight is 339 g/mol. The molecule has 0 spiro atoms. The predicted octanol–water partition coefficient (Wildman–Crippen LogP) is 2.70. The van der Waals surface area contributed by atoms with E-state index in [1.165, 1.54) is 13.2 Å². The molecule has 2 aromatic carbocycles. The molecule has 0 saturated heterocycles. The number of aliphatic hydroxyl groups excluding tert-OH is 1. The van der Waals surface area contributed by atoms with Gasteiger partial charge < -0.3 is 20.6 Å². The lowest BCUT2D eigenvalue weighted by Gasteiger charge is -2.14. The Labute approximate surface area is 145 Å². The largest absolute Gasteiger partial charge is 0.446 e. The molecule has 0 aliphatic heterocycles. The van der Waals surface area contributed by atoms with E-state index >= 15 is 0 Å². The number of amides is 1. The third-order valence-electron chi connectivity index (χ3n) is 4.18. The molecule has 0 fully saturated rings. The van der Waals surface area contributed by atoms with Gasteiger partial charge in [0, 0.05) is 0 Å². The van der Waals surface area contributed by atoms with E-state index in [9.17, 15) is 9.90 Å². The number of nitrogens with two attached hydrogens (primary N) is 1. The monoisotopic (exact) mass is 339 g/mol. The number of hydrogen-bond donors (Lipinski definition) is 3. The number of oxazole rings is 1. The molecule has 130 valence electrons. The molecule has 0 radical (unpaired) electrons. The van der Waals surface area contributed by atoms with Crippen LogP contribution in [-0.2, 0) is 0 Å². The molecule has 6 nitrogen and oxygen atoms in total. The smallest absolute Gasteiger partial charge is 0.273 e. The standard InChI is InChI=1S/C19H21N3O3/c1-11(14-8-7-13-5-3-4-6-15(13)9-14)21-18(24)16-10-25-19(22-16)17(20)12(2)23/h3-12,17,23H,20H2,1-2H3,(H,21,24). The molecule has 1 heterocycles. The maximum Gasteiger partial charge on any atom is 0.273 e. The lowest BCUT2D eigenvalue weighted by Crippen LogP contribution is -2.27. The molecular weight excluding hydrogens is 318 g/mol. The quantitative estimate of drug-likeness (QED) is 0.663. The summed E-state index contributed by atoms with van der Waals surface area (Å²) in [6.45, 7) is 3.45. The summed E-state index contributed by atoms with van der Waals surface area (Å²) in [5.41, 5.74) is 6.89. The number of aromatic nitrogens is 1. The van der Waals surface area contributed by atoms with Crippen molar-refractivity contribution in [3.05, 3.63) is 65.9 Å². The maximum atomic E-state index is 12.4. The predicted molar refractivity (Wildman–Crippen MR) is 94.9 cm³/mol. The van der Waals surface area contributed by atoms with E-state index in [1.54, 1.807) is 0 Å². The van der Waals surface area contributed by atoms with Crippen LogP contribution < -0.4 is 11.1 Å². The topological polar surface area (TPSA) is 101 Å². The third kappa shape index (κ3) is 3.70. The van der Waals surface area contributed by atoms with Gasteiger partial charge in [-0.15, -0.1) is 0 Å². The first kappa shape index (κ1) is 17.1. The lowest BCUT2D eigenvalue weighted by atomic mass is 10.0. The second-order valence-corrected chi connectivity index (χ2v) is 6.14. The number of aliphatic hydroxyl groups is 1. The summed E-state index contributed by atoms with van der Waals surface area (Å²) >= 11 is 0. The molecule has 0 aliphatic rings. The minimum atomic E-state index is -0.814. The fourth-order valence-corrected chi connectivity index (χ4v) is 2.58. The van der Waals surface area contributed by atoms with Gasteiger partial charge in [-0.2, -0.15) is 0 Å². The van der Waals surface area contributed by atoms with Crippen LogP contribution in [0.3, 0.4) is 0 Å². The van der Waals surface area contributed by atoms with Crippen molar-refractivity contribution in [1.29, 1.82) is 0 Å². The number of hydrogen-bond acceptors (Lipinski definition) is 5. The number of nitrogens with zero attached hydrogens (tertiary/aromatic N) is 1. The minimum absolute atomic E-state index is 0.138. The van der Waals surface area contributed by atoms with Crippen molar-refractivity contribution in [3.63, 3.8) is 0 Å². The van der Waals surface area contributed by atoms with Gasteiger partial charge in [-0.25, -0.2) is 4.98 Å². The second-order valence-electron chi connectivity index (χ2n) is 6.14. The van der Waals surface area contributed by atoms with Gasteiger partial charge in [-0.3, -0.25) is 4.79 Å². The van der Waals surface area contributed by atoms with Crippen molar-refractivity contribution < 1.29 is 14.3 Å². The molecule has 3 aromatic rings. The van der Waals surface area contributed by atoms with Gasteiger partial charge in [-0.1, -0.05) is 36.4 Å². The summed E-state index contributed by atoms with van der Waals surface area (Å²) in [5, 5.41) is 14.6. The van der Waals surface area contributed by atoms with Crippen molar-refractivity contribution in [2.45, 2.75) is 32.0 Å². The fraction of sp³-hybridized carbons (Fsp3) is 0.263. The van der Waals surface area contributed by atoms with Crippen molar-refractivity contribution in [3.8, 4) is 0 Å². The van der Waals surface area contributed by atoms with Crippen LogP contribution in [0.15, 0.2) is 53.1 Å². The van der Waals surface area contributed by atoms with E-state index in [0.717, 1.165) is 16.3 Å². The molecule has 1 aromatic heterocycles. The first-order valence-electron chi connectivity index (χ1n) is 8.14. The number of nitrogens with one attached hydrogen (secondary N) is 1. The van der Waals surface area contributed by atoms with Crippen LogP contribution in [0.2, 0.25) is 0 Å². The maximum absolute atomic E-state index is 12.4. The van der Waals surface area contributed by atoms with Crippen LogP contribution in [0, 0.1) is 0 Å². The highest BCUT2D eigenvalue weighted by molar-refractivity contribution is 5.92. The molecular formula is C19H21N3O3. The molecule has 1 amide bonds. The number of carbonyl (C=O) groups excluding carboxylic acids is 1. The molecule has 3 rings (SSSR count). The van der Waals surface area contributed by atoms with E-state index in [1.807, 2.05) is 43.3 Å². The molecule has 6 heteroatoms. The Balaban J connectivity index is 1.73. The lowest BCUT2D eigenvalue weighted by molar-refractivity contribution is 0.0934. The molecule has 3 atom stereocenters. The Morgan fingerprint density at radius 2 is 1.92 bits per heavy atom. The van der Waals surface area contributed by atoms with Crippen LogP contribution in [0.1, 0.15) is 47.9 Å². The Bertz CT molecular complexity index is 888. The number of carbonyl (C=O) groups is 1. The van der Waals surface area contributed by atoms with E-state index in [2.05, 4.69) is 16.4 Å². The van der Waals surface area contributed by atoms with Gasteiger partial charge in [0.05, 0.1) is 12.1 Å². The summed E-state index contributed by atoms with van der Waals surface area (Å²) in [6.07, 6.45) is 0.436. The molecule has 0 aliphatic carbocycles. The summed E-state index contributed by atoms with van der Waals surface area (Å²) < 4.78 is 5.20. The SMILES string of the molecule is CC(NC(=O)c1coc(C(N)C(C)O)n1)c1ccc2ccccc2c1. The van der Waals surface area contributed by atoms with Gasteiger partial charge in [0.15, 0.2) is 5.69 Å². The van der Waals surface area contributed by atoms with E-state index in [-0.39, 0.29) is 23.5 Å². The zero-order chi connectivity index (χ0) is 18.0. The second kappa shape index (κ2) is 7.04. The van der Waals surface area contributed by atoms with Crippen molar-refractivity contribution >= 4 is 16.7 Å². The Hall–Kier alpha value is -2.70. The van der Waals surface area contributed by atoms with Crippen LogP contribution in [0.5, 0.6) is 0 Å². The molecule has 0 saturated carbocycles. The fourth-order valence-electron chi connectivity index (χ4n) is 2.58. The molecule has 25 heavy (non-hydrogen) atoms. The first-order chi connectivity index (χ1) is 12.0. The van der Waals surface area contributed by atoms with Crippen LogP contribution in [-0.4, -0.2) is 22.1 Å². The summed E-state index contributed by atoms with van der Waals surface area (Å²) in [7, 11) is 0. The van der Waals surface area contributed by atoms with Crippen LogP contribution >= 0.6 is 0 Å². The Kier molecular flexibility index (Phi) is 4.83. The normalized spacial score (nSPS) is 14.9. The number of benzene rings is 2. The highest BCUT2D eigenvalue weighted by atomic mass is 16.3. The van der Waals surface area contributed by atoms with Gasteiger partial charge in [-0.05, 0) is 36.2 Å². The van der Waals surface area contributed by atoms with E-state index in [4.69, 9.17) is 10.2 Å². The zero-order valence-electron chi connectivity index (χ0n) is 14.1. The molecule has 3 unspecified atom stereocenters. The first-order valence-corrected chi connectivity index (χ1v) is 8.14. The highest BCUT2D eigenvalue weighted by Crippen LogP contribution is 2.21. The summed E-state index contributed by atoms with van der Waals surface area (Å²) in [6, 6.07) is 13.2. The Morgan fingerprint density at radius 1 is 1.20 bits per heavy atom. The van der Waals surface area contributed by atoms with Crippen LogP contribution in [0.25, 0.3) is 10.8 Å². The van der Waals surface area contributed by atoms with Gasteiger partial charge in [0.25, 0.3) is 5.91 Å². The van der Waals surface area contributed by atoms with Crippen molar-refractivity contribution in [1.82, 2.24) is 10.3 Å². The molecule has 0 bridgehead atoms. The van der Waals surface area contributed by atoms with E-state index < -0.39 is 12.1 Å². The summed E-state index contributed by atoms with van der Waals surface area (Å²) in [5.74, 6) is -0.216. The average Bonchev–Trinajstić information content (AvgIpc) is 3.10. The van der Waals surface area contributed by atoms with E-state index in [0.29, 0.717) is 0 Å². The van der Waals surface area contributed by atoms with Crippen molar-refractivity contribution in [2.75, 3.05) is 0 Å². The van der Waals surface area contributed by atoms with Crippen molar-refractivity contribution in [2.24, 2.45) is 5.73 Å². The van der Waals surface area contributed by atoms with Crippen LogP contribution in [0.4, 0.5) is 0 Å². The zero-order valence-corrected chi connectivity index (χ0v) is 14.1. The number of fused-ring (bicyclic) bond motifs is 1. The van der Waals surface area contributed by atoms with Gasteiger partial charge >= 0.3 is 0 Å². The number of rotatable bonds is 5.